The van der Waals surface area contributed by atoms with Crippen LogP contribution in [0.15, 0.2) is 29.3 Å². The molecule has 0 unspecified atom stereocenters. The first-order valence-corrected chi connectivity index (χ1v) is 4.62. The van der Waals surface area contributed by atoms with Crippen molar-refractivity contribution in [3.05, 3.63) is 46.1 Å². The molecule has 78 valence electrons. The lowest BCUT2D eigenvalue weighted by molar-refractivity contribution is 0.757. The maximum Gasteiger partial charge on any atom is 0.343 e. The van der Waals surface area contributed by atoms with Crippen LogP contribution >= 0.6 is 0 Å². The van der Waals surface area contributed by atoms with E-state index in [1.807, 2.05) is 25.1 Å². The minimum atomic E-state index is -0.211. The molecule has 0 aliphatic rings. The lowest BCUT2D eigenvalue weighted by Gasteiger charge is -2.07. The minimum Gasteiger partial charge on any atom is -0.399 e. The highest BCUT2D eigenvalue weighted by Gasteiger charge is 2.03. The Morgan fingerprint density at radius 3 is 3.00 bits per heavy atom. The second kappa shape index (κ2) is 3.61. The second-order valence-corrected chi connectivity index (χ2v) is 3.42. The Bertz CT molecular complexity index is 526. The number of H-pyrrole nitrogens is 1. The Hall–Kier alpha value is -2.04. The van der Waals surface area contributed by atoms with Crippen molar-refractivity contribution in [1.82, 2.24) is 14.8 Å². The van der Waals surface area contributed by atoms with Crippen molar-refractivity contribution in [3.8, 4) is 0 Å². The Labute approximate surface area is 86.5 Å². The fraction of sp³-hybridized carbons (Fsp3) is 0.200. The Kier molecular flexibility index (Phi) is 2.29. The number of benzene rings is 1. The van der Waals surface area contributed by atoms with Crippen LogP contribution in [-0.4, -0.2) is 14.8 Å². The molecule has 0 radical (unpaired) electrons. The number of aromatic amines is 1. The van der Waals surface area contributed by atoms with Crippen LogP contribution in [0, 0.1) is 6.92 Å². The van der Waals surface area contributed by atoms with Gasteiger partial charge in [0.05, 0.1) is 6.54 Å². The lowest BCUT2D eigenvalue weighted by atomic mass is 10.1. The van der Waals surface area contributed by atoms with E-state index in [-0.39, 0.29) is 5.69 Å². The summed E-state index contributed by atoms with van der Waals surface area (Å²) in [4.78, 5) is 11.2. The molecule has 0 aliphatic carbocycles. The molecule has 0 saturated heterocycles. The van der Waals surface area contributed by atoms with Gasteiger partial charge < -0.3 is 5.73 Å². The molecule has 0 aliphatic heterocycles. The van der Waals surface area contributed by atoms with Gasteiger partial charge in [-0.2, -0.15) is 5.10 Å². The molecule has 1 aromatic carbocycles. The number of nitrogen functional groups attached to an aromatic ring is 1. The van der Waals surface area contributed by atoms with Gasteiger partial charge in [-0.25, -0.2) is 9.89 Å². The van der Waals surface area contributed by atoms with Crippen LogP contribution in [0.1, 0.15) is 11.1 Å². The number of aromatic nitrogens is 3. The van der Waals surface area contributed by atoms with Crippen LogP contribution in [0.5, 0.6) is 0 Å². The van der Waals surface area contributed by atoms with E-state index in [0.717, 1.165) is 16.8 Å². The van der Waals surface area contributed by atoms with E-state index < -0.39 is 0 Å². The highest BCUT2D eigenvalue weighted by molar-refractivity contribution is 5.49. The molecule has 2 rings (SSSR count). The van der Waals surface area contributed by atoms with Crippen molar-refractivity contribution in [2.45, 2.75) is 13.5 Å². The van der Waals surface area contributed by atoms with E-state index in [9.17, 15) is 4.79 Å². The predicted octanol–water partition coefficient (Wildman–Crippen LogP) is 0.510. The number of nitrogens with one attached hydrogen (secondary N) is 1. The predicted molar refractivity (Wildman–Crippen MR) is 57.5 cm³/mol. The zero-order chi connectivity index (χ0) is 10.8. The maximum atomic E-state index is 11.2. The molecule has 0 bridgehead atoms. The van der Waals surface area contributed by atoms with Crippen molar-refractivity contribution in [3.63, 3.8) is 0 Å². The number of hydrogen-bond donors (Lipinski definition) is 2. The number of anilines is 1. The summed E-state index contributed by atoms with van der Waals surface area (Å²) in [5.74, 6) is 0. The molecule has 0 fully saturated rings. The summed E-state index contributed by atoms with van der Waals surface area (Å²) in [7, 11) is 0. The van der Waals surface area contributed by atoms with Crippen LogP contribution in [0.4, 0.5) is 5.69 Å². The van der Waals surface area contributed by atoms with Crippen LogP contribution in [0.2, 0.25) is 0 Å². The zero-order valence-corrected chi connectivity index (χ0v) is 8.40. The van der Waals surface area contributed by atoms with E-state index in [1.54, 1.807) is 0 Å². The molecule has 1 aromatic heterocycles. The van der Waals surface area contributed by atoms with Gasteiger partial charge in [0.1, 0.15) is 6.33 Å². The molecule has 0 amide bonds. The highest BCUT2D eigenvalue weighted by Crippen LogP contribution is 2.15. The maximum absolute atomic E-state index is 11.2. The van der Waals surface area contributed by atoms with Crippen LogP contribution in [-0.2, 0) is 6.54 Å². The smallest absolute Gasteiger partial charge is 0.343 e. The largest absolute Gasteiger partial charge is 0.399 e. The molecule has 0 atom stereocenters. The summed E-state index contributed by atoms with van der Waals surface area (Å²) in [5, 5.41) is 6.01. The number of nitrogens with two attached hydrogens (primary N) is 1. The van der Waals surface area contributed by atoms with Crippen molar-refractivity contribution in [2.75, 3.05) is 5.73 Å². The van der Waals surface area contributed by atoms with Crippen LogP contribution < -0.4 is 11.4 Å². The normalized spacial score (nSPS) is 10.5. The van der Waals surface area contributed by atoms with E-state index in [4.69, 9.17) is 5.73 Å². The fourth-order valence-corrected chi connectivity index (χ4v) is 1.44. The standard InChI is InChI=1S/C10H12N4O/c1-7-8(3-2-4-9(7)11)5-14-6-12-13-10(14)15/h2-4,6H,5,11H2,1H3,(H,13,15). The summed E-state index contributed by atoms with van der Waals surface area (Å²) in [5.41, 5.74) is 8.34. The summed E-state index contributed by atoms with van der Waals surface area (Å²) < 4.78 is 1.50. The average molecular weight is 204 g/mol. The first-order valence-electron chi connectivity index (χ1n) is 4.62. The number of hydrogen-bond acceptors (Lipinski definition) is 3. The topological polar surface area (TPSA) is 76.7 Å². The van der Waals surface area contributed by atoms with E-state index in [2.05, 4.69) is 10.2 Å². The van der Waals surface area contributed by atoms with Crippen LogP contribution in [0.3, 0.4) is 0 Å². The third-order valence-electron chi connectivity index (χ3n) is 2.45. The molecular weight excluding hydrogens is 192 g/mol. The third kappa shape index (κ3) is 1.76. The summed E-state index contributed by atoms with van der Waals surface area (Å²) in [6.07, 6.45) is 1.48. The highest BCUT2D eigenvalue weighted by atomic mass is 16.1. The van der Waals surface area contributed by atoms with Gasteiger partial charge >= 0.3 is 5.69 Å². The number of rotatable bonds is 2. The molecule has 1 heterocycles. The number of nitrogens with zero attached hydrogens (tertiary/aromatic N) is 2. The molecule has 5 nitrogen and oxygen atoms in total. The molecule has 3 N–H and O–H groups in total. The molecular formula is C10H12N4O. The van der Waals surface area contributed by atoms with Crippen molar-refractivity contribution >= 4 is 5.69 Å². The molecule has 5 heteroatoms. The van der Waals surface area contributed by atoms with Gasteiger partial charge in [0, 0.05) is 5.69 Å². The zero-order valence-electron chi connectivity index (χ0n) is 8.40. The van der Waals surface area contributed by atoms with Gasteiger partial charge in [0.25, 0.3) is 0 Å². The van der Waals surface area contributed by atoms with Crippen LogP contribution in [0.25, 0.3) is 0 Å². The molecule has 0 spiro atoms. The molecule has 15 heavy (non-hydrogen) atoms. The van der Waals surface area contributed by atoms with Gasteiger partial charge in [-0.3, -0.25) is 4.57 Å². The molecule has 0 saturated carbocycles. The Morgan fingerprint density at radius 2 is 2.33 bits per heavy atom. The Balaban J connectivity index is 2.37. The first kappa shape index (κ1) is 9.51. The average Bonchev–Trinajstić information content (AvgIpc) is 2.60. The summed E-state index contributed by atoms with van der Waals surface area (Å²) in [6.45, 7) is 2.43. The lowest BCUT2D eigenvalue weighted by Crippen LogP contribution is -2.17. The first-order chi connectivity index (χ1) is 7.18. The van der Waals surface area contributed by atoms with Gasteiger partial charge in [0.2, 0.25) is 0 Å². The van der Waals surface area contributed by atoms with Crippen molar-refractivity contribution < 1.29 is 0 Å². The summed E-state index contributed by atoms with van der Waals surface area (Å²) in [6, 6.07) is 5.67. The van der Waals surface area contributed by atoms with Crippen molar-refractivity contribution in [1.29, 1.82) is 0 Å². The van der Waals surface area contributed by atoms with E-state index in [0.29, 0.717) is 6.54 Å². The van der Waals surface area contributed by atoms with Gasteiger partial charge in [0.15, 0.2) is 0 Å². The third-order valence-corrected chi connectivity index (χ3v) is 2.45. The monoisotopic (exact) mass is 204 g/mol. The summed E-state index contributed by atoms with van der Waals surface area (Å²) >= 11 is 0. The second-order valence-electron chi connectivity index (χ2n) is 3.42. The Morgan fingerprint density at radius 1 is 1.53 bits per heavy atom. The minimum absolute atomic E-state index is 0.211. The van der Waals surface area contributed by atoms with Gasteiger partial charge in [-0.05, 0) is 24.1 Å². The molecule has 2 aromatic rings. The van der Waals surface area contributed by atoms with E-state index in [1.165, 1.54) is 10.9 Å². The SMILES string of the molecule is Cc1c(N)cccc1Cn1cn[nH]c1=O. The quantitative estimate of drug-likeness (QED) is 0.700. The van der Waals surface area contributed by atoms with Crippen molar-refractivity contribution in [2.24, 2.45) is 0 Å². The fourth-order valence-electron chi connectivity index (χ4n) is 1.44. The van der Waals surface area contributed by atoms with Gasteiger partial charge in [-0.15, -0.1) is 0 Å². The van der Waals surface area contributed by atoms with E-state index >= 15 is 0 Å². The van der Waals surface area contributed by atoms with Gasteiger partial charge in [-0.1, -0.05) is 12.1 Å².